The molecular weight excluding hydrogens is 426 g/mol. The first-order valence-corrected chi connectivity index (χ1v) is 11.1. The van der Waals surface area contributed by atoms with Crippen molar-refractivity contribution >= 4 is 23.0 Å². The average molecular weight is 451 g/mol. The summed E-state index contributed by atoms with van der Waals surface area (Å²) in [5, 5.41) is 1.61. The maximum Gasteiger partial charge on any atom is 0.528 e. The van der Waals surface area contributed by atoms with Gasteiger partial charge in [-0.2, -0.15) is 0 Å². The fourth-order valence-corrected chi connectivity index (χ4v) is 4.45. The normalized spacial score (nSPS) is 18.8. The lowest BCUT2D eigenvalue weighted by Gasteiger charge is -2.33. The van der Waals surface area contributed by atoms with Gasteiger partial charge in [0.15, 0.2) is 11.4 Å². The van der Waals surface area contributed by atoms with Gasteiger partial charge in [-0.15, -0.1) is 5.06 Å². The lowest BCUT2D eigenvalue weighted by atomic mass is 10.1. The fourth-order valence-electron chi connectivity index (χ4n) is 4.45. The molecular formula is C24H25N3O6. The Balaban J connectivity index is 1.05. The Labute approximate surface area is 189 Å². The molecule has 9 heteroatoms. The van der Waals surface area contributed by atoms with Crippen LogP contribution in [0.15, 0.2) is 51.7 Å². The van der Waals surface area contributed by atoms with E-state index in [1.807, 2.05) is 18.2 Å². The Morgan fingerprint density at radius 1 is 1.09 bits per heavy atom. The van der Waals surface area contributed by atoms with Crippen LogP contribution in [0.25, 0.3) is 11.1 Å². The smallest absolute Gasteiger partial charge is 0.425 e. The van der Waals surface area contributed by atoms with Crippen LogP contribution in [0.4, 0.5) is 4.79 Å². The van der Waals surface area contributed by atoms with E-state index in [0.29, 0.717) is 55.8 Å². The van der Waals surface area contributed by atoms with Crippen molar-refractivity contribution in [3.8, 4) is 0 Å². The molecule has 0 radical (unpaired) electrons. The number of rotatable bonds is 6. The molecule has 9 nitrogen and oxygen atoms in total. The van der Waals surface area contributed by atoms with Crippen LogP contribution in [0.3, 0.4) is 0 Å². The molecule has 1 aliphatic carbocycles. The number of hydrogen-bond acceptors (Lipinski definition) is 8. The molecule has 1 saturated heterocycles. The number of oxazole rings is 1. The second-order valence-corrected chi connectivity index (χ2v) is 8.35. The summed E-state index contributed by atoms with van der Waals surface area (Å²) in [5.74, 6) is -0.550. The SMILES string of the molecule is O=C(OC1CCc2ccccc21)ON1CCN(CCC(=O)c2ccc3[nH]c(=O)oc3c2)CC1. The van der Waals surface area contributed by atoms with Gasteiger partial charge < -0.3 is 18.9 Å². The van der Waals surface area contributed by atoms with Gasteiger partial charge in [-0.25, -0.2) is 9.59 Å². The van der Waals surface area contributed by atoms with Crippen LogP contribution in [-0.2, 0) is 16.0 Å². The summed E-state index contributed by atoms with van der Waals surface area (Å²) in [7, 11) is 0. The van der Waals surface area contributed by atoms with E-state index in [-0.39, 0.29) is 11.9 Å². The lowest BCUT2D eigenvalue weighted by molar-refractivity contribution is -0.152. The minimum absolute atomic E-state index is 0.0140. The van der Waals surface area contributed by atoms with E-state index >= 15 is 0 Å². The first-order chi connectivity index (χ1) is 16.0. The molecule has 172 valence electrons. The van der Waals surface area contributed by atoms with E-state index < -0.39 is 11.9 Å². The number of hydroxylamine groups is 2. The van der Waals surface area contributed by atoms with E-state index in [9.17, 15) is 14.4 Å². The highest BCUT2D eigenvalue weighted by atomic mass is 16.8. The van der Waals surface area contributed by atoms with Crippen molar-refractivity contribution in [3.63, 3.8) is 0 Å². The largest absolute Gasteiger partial charge is 0.528 e. The summed E-state index contributed by atoms with van der Waals surface area (Å²) in [6.07, 6.45) is 1.11. The Hall–Kier alpha value is -3.43. The van der Waals surface area contributed by atoms with Gasteiger partial charge in [-0.05, 0) is 42.2 Å². The first-order valence-electron chi connectivity index (χ1n) is 11.1. The van der Waals surface area contributed by atoms with Crippen molar-refractivity contribution in [3.05, 3.63) is 69.7 Å². The van der Waals surface area contributed by atoms with E-state index in [2.05, 4.69) is 16.0 Å². The standard InChI is InChI=1S/C24H25N3O6/c28-20(17-5-7-19-22(15-17)31-23(29)25-19)9-10-26-11-13-27(14-12-26)33-24(30)32-21-8-6-16-3-1-2-4-18(16)21/h1-5,7,15,21H,6,8-14H2,(H,25,29). The predicted molar refractivity (Wildman–Crippen MR) is 119 cm³/mol. The van der Waals surface area contributed by atoms with Crippen molar-refractivity contribution in [1.29, 1.82) is 0 Å². The van der Waals surface area contributed by atoms with Gasteiger partial charge in [0.2, 0.25) is 0 Å². The number of ketones is 1. The maximum atomic E-state index is 12.5. The number of hydrogen-bond donors (Lipinski definition) is 1. The van der Waals surface area contributed by atoms with Crippen LogP contribution in [0, 0.1) is 0 Å². The summed E-state index contributed by atoms with van der Waals surface area (Å²) in [5.41, 5.74) is 3.74. The van der Waals surface area contributed by atoms with E-state index in [4.69, 9.17) is 14.0 Å². The van der Waals surface area contributed by atoms with Gasteiger partial charge in [-0.1, -0.05) is 24.3 Å². The molecule has 33 heavy (non-hydrogen) atoms. The molecule has 1 N–H and O–H groups in total. The maximum absolute atomic E-state index is 12.5. The van der Waals surface area contributed by atoms with E-state index in [1.165, 1.54) is 5.56 Å². The van der Waals surface area contributed by atoms with Gasteiger partial charge in [-0.3, -0.25) is 9.78 Å². The van der Waals surface area contributed by atoms with Crippen LogP contribution in [0.2, 0.25) is 0 Å². The van der Waals surface area contributed by atoms with Crippen LogP contribution in [-0.4, -0.2) is 59.6 Å². The number of Topliss-reactive ketones (excluding diaryl/α,β-unsaturated/α-hetero) is 1. The van der Waals surface area contributed by atoms with E-state index in [0.717, 1.165) is 18.4 Å². The fraction of sp³-hybridized carbons (Fsp3) is 0.375. The molecule has 1 aromatic heterocycles. The predicted octanol–water partition coefficient (Wildman–Crippen LogP) is 3.07. The van der Waals surface area contributed by atoms with Crippen LogP contribution in [0.1, 0.15) is 40.4 Å². The zero-order valence-corrected chi connectivity index (χ0v) is 18.1. The summed E-state index contributed by atoms with van der Waals surface area (Å²) < 4.78 is 10.6. The highest BCUT2D eigenvalue weighted by molar-refractivity contribution is 5.98. The van der Waals surface area contributed by atoms with Crippen molar-refractivity contribution in [1.82, 2.24) is 14.9 Å². The van der Waals surface area contributed by atoms with Crippen molar-refractivity contribution in [2.45, 2.75) is 25.4 Å². The molecule has 0 bridgehead atoms. The molecule has 2 heterocycles. The molecule has 0 spiro atoms. The number of aromatic amines is 1. The minimum Gasteiger partial charge on any atom is -0.425 e. The molecule has 3 aromatic rings. The number of nitrogens with one attached hydrogen (secondary N) is 1. The zero-order valence-electron chi connectivity index (χ0n) is 18.1. The average Bonchev–Trinajstić information content (AvgIpc) is 3.40. The Morgan fingerprint density at radius 3 is 2.76 bits per heavy atom. The summed E-state index contributed by atoms with van der Waals surface area (Å²) in [4.78, 5) is 46.2. The minimum atomic E-state index is -0.674. The summed E-state index contributed by atoms with van der Waals surface area (Å²) in [6.45, 7) is 3.05. The number of aryl methyl sites for hydroxylation is 1. The van der Waals surface area contributed by atoms with Crippen molar-refractivity contribution in [2.75, 3.05) is 32.7 Å². The second kappa shape index (κ2) is 9.21. The Morgan fingerprint density at radius 2 is 1.91 bits per heavy atom. The van der Waals surface area contributed by atoms with Crippen LogP contribution < -0.4 is 5.76 Å². The van der Waals surface area contributed by atoms with Crippen LogP contribution in [0.5, 0.6) is 0 Å². The summed E-state index contributed by atoms with van der Waals surface area (Å²) in [6, 6.07) is 13.0. The van der Waals surface area contributed by atoms with Crippen molar-refractivity contribution < 1.29 is 23.6 Å². The Kier molecular flexibility index (Phi) is 5.97. The molecule has 0 saturated carbocycles. The van der Waals surface area contributed by atoms with Gasteiger partial charge in [0.05, 0.1) is 5.52 Å². The molecule has 1 unspecified atom stereocenters. The van der Waals surface area contributed by atoms with Crippen molar-refractivity contribution in [2.24, 2.45) is 0 Å². The highest BCUT2D eigenvalue weighted by Crippen LogP contribution is 2.34. The van der Waals surface area contributed by atoms with Gasteiger partial charge in [0, 0.05) is 44.7 Å². The first kappa shape index (κ1) is 21.4. The number of nitrogens with zero attached hydrogens (tertiary/aromatic N) is 2. The third-order valence-electron chi connectivity index (χ3n) is 6.25. The molecule has 2 aromatic carbocycles. The van der Waals surface area contributed by atoms with Gasteiger partial charge >= 0.3 is 11.9 Å². The number of ether oxygens (including phenoxy) is 1. The van der Waals surface area contributed by atoms with Gasteiger partial charge in [0.1, 0.15) is 6.10 Å². The third-order valence-corrected chi connectivity index (χ3v) is 6.25. The molecule has 1 fully saturated rings. The molecule has 0 amide bonds. The van der Waals surface area contributed by atoms with E-state index in [1.54, 1.807) is 23.3 Å². The van der Waals surface area contributed by atoms with Crippen LogP contribution >= 0.6 is 0 Å². The number of carbonyl (C=O) groups excluding carboxylic acids is 2. The number of aromatic nitrogens is 1. The molecule has 2 aliphatic rings. The highest BCUT2D eigenvalue weighted by Gasteiger charge is 2.28. The molecule has 1 atom stereocenters. The number of carbonyl (C=O) groups is 2. The topological polar surface area (TPSA) is 105 Å². The monoisotopic (exact) mass is 451 g/mol. The number of fused-ring (bicyclic) bond motifs is 2. The number of H-pyrrole nitrogens is 1. The quantitative estimate of drug-likeness (QED) is 0.450. The lowest BCUT2D eigenvalue weighted by Crippen LogP contribution is -2.47. The second-order valence-electron chi connectivity index (χ2n) is 8.35. The molecule has 1 aliphatic heterocycles. The zero-order chi connectivity index (χ0) is 22.8. The summed E-state index contributed by atoms with van der Waals surface area (Å²) >= 11 is 0. The third kappa shape index (κ3) is 4.84. The number of benzene rings is 2. The van der Waals surface area contributed by atoms with Gasteiger partial charge in [0.25, 0.3) is 0 Å². The molecule has 5 rings (SSSR count). The Bertz CT molecular complexity index is 1220. The number of piperazine rings is 1.